The van der Waals surface area contributed by atoms with E-state index >= 15 is 0 Å². The quantitative estimate of drug-likeness (QED) is 0.340. The van der Waals surface area contributed by atoms with Gasteiger partial charge in [0.25, 0.3) is 0 Å². The van der Waals surface area contributed by atoms with E-state index in [0.29, 0.717) is 17.4 Å². The highest BCUT2D eigenvalue weighted by atomic mass is 35.5. The normalized spacial score (nSPS) is 16.3. The lowest BCUT2D eigenvalue weighted by atomic mass is 9.76. The Kier molecular flexibility index (Phi) is 6.73. The van der Waals surface area contributed by atoms with Crippen molar-refractivity contribution in [1.29, 1.82) is 0 Å². The fraction of sp³-hybridized carbons (Fsp3) is 0.296. The fourth-order valence-corrected chi connectivity index (χ4v) is 5.09. The molecule has 2 aliphatic rings. The third kappa shape index (κ3) is 4.23. The number of esters is 1. The van der Waals surface area contributed by atoms with E-state index in [-0.39, 0.29) is 18.2 Å². The molecule has 1 aliphatic heterocycles. The summed E-state index contributed by atoms with van der Waals surface area (Å²) in [6, 6.07) is 15.8. The molecule has 0 bridgehead atoms. The molecule has 0 fully saturated rings. The minimum atomic E-state index is -0.495. The first kappa shape index (κ1) is 23.3. The third-order valence-electron chi connectivity index (χ3n) is 6.51. The maximum atomic E-state index is 13.3. The highest BCUT2D eigenvalue weighted by molar-refractivity contribution is 5.93. The summed E-state index contributed by atoms with van der Waals surface area (Å²) in [5, 5.41) is 0. The van der Waals surface area contributed by atoms with Gasteiger partial charge in [0.1, 0.15) is 17.3 Å². The van der Waals surface area contributed by atoms with E-state index in [4.69, 9.17) is 9.47 Å². The Labute approximate surface area is 199 Å². The largest absolute Gasteiger partial charge is 0.497 e. The Balaban J connectivity index is 0.00000259. The molecule has 0 unspecified atom stereocenters. The van der Waals surface area contributed by atoms with Gasteiger partial charge in [0.05, 0.1) is 12.7 Å². The van der Waals surface area contributed by atoms with Crippen LogP contribution in [0, 0.1) is 5.82 Å². The molecule has 0 amide bonds. The van der Waals surface area contributed by atoms with Crippen molar-refractivity contribution in [3.05, 3.63) is 82.7 Å². The van der Waals surface area contributed by atoms with Gasteiger partial charge in [0.2, 0.25) is 0 Å². The molecule has 1 heterocycles. The van der Waals surface area contributed by atoms with Crippen LogP contribution in [0.2, 0.25) is 0 Å². The molecule has 3 aromatic rings. The number of carbonyl (C=O) groups excluding carboxylic acids is 1. The smallest absolute Gasteiger partial charge is 0.343 e. The molecule has 33 heavy (non-hydrogen) atoms. The molecule has 0 radical (unpaired) electrons. The molecule has 1 atom stereocenters. The summed E-state index contributed by atoms with van der Waals surface area (Å²) in [6.07, 6.45) is 2.96. The zero-order valence-corrected chi connectivity index (χ0v) is 19.6. The number of benzene rings is 3. The molecule has 0 saturated heterocycles. The van der Waals surface area contributed by atoms with E-state index in [1.54, 1.807) is 7.11 Å². The van der Waals surface area contributed by atoms with E-state index in [1.165, 1.54) is 35.4 Å². The molecule has 0 spiro atoms. The standard InChI is InChI=1S/C27H26FNO3.ClH/c1-3-12-29-13-11-19-14-21(31-2)16-22-25(19)23(29)15-18-5-4-6-24(26(18)22)32-27(30)17-7-9-20(28)10-8-17;/h4-10,14,16,23H,3,11-13,15H2,1-2H3;1H/t23-;/m1./s1. The number of fused-ring (bicyclic) bond motifs is 2. The maximum Gasteiger partial charge on any atom is 0.343 e. The second-order valence-corrected chi connectivity index (χ2v) is 8.44. The van der Waals surface area contributed by atoms with E-state index in [0.717, 1.165) is 54.8 Å². The number of nitrogens with zero attached hydrogens (tertiary/aromatic N) is 1. The molecular weight excluding hydrogens is 441 g/mol. The zero-order chi connectivity index (χ0) is 22.2. The summed E-state index contributed by atoms with van der Waals surface area (Å²) in [5.41, 5.74) is 6.14. The molecule has 4 nitrogen and oxygen atoms in total. The number of methoxy groups -OCH3 is 1. The first-order valence-corrected chi connectivity index (χ1v) is 11.1. The van der Waals surface area contributed by atoms with Crippen molar-refractivity contribution in [3.8, 4) is 22.6 Å². The summed E-state index contributed by atoms with van der Waals surface area (Å²) in [7, 11) is 1.68. The van der Waals surface area contributed by atoms with Crippen molar-refractivity contribution >= 4 is 18.4 Å². The van der Waals surface area contributed by atoms with Gasteiger partial charge in [0.15, 0.2) is 0 Å². The van der Waals surface area contributed by atoms with E-state index in [9.17, 15) is 9.18 Å². The Morgan fingerprint density at radius 1 is 1.12 bits per heavy atom. The van der Waals surface area contributed by atoms with Crippen molar-refractivity contribution in [2.45, 2.75) is 32.2 Å². The molecule has 172 valence electrons. The van der Waals surface area contributed by atoms with Crippen molar-refractivity contribution in [1.82, 2.24) is 4.90 Å². The van der Waals surface area contributed by atoms with Crippen LogP contribution in [0.4, 0.5) is 4.39 Å². The third-order valence-corrected chi connectivity index (χ3v) is 6.51. The van der Waals surface area contributed by atoms with Crippen LogP contribution in [0.5, 0.6) is 11.5 Å². The number of hydrogen-bond acceptors (Lipinski definition) is 4. The predicted molar refractivity (Wildman–Crippen MR) is 129 cm³/mol. The maximum absolute atomic E-state index is 13.3. The van der Waals surface area contributed by atoms with Gasteiger partial charge in [-0.2, -0.15) is 0 Å². The summed E-state index contributed by atoms with van der Waals surface area (Å²) in [4.78, 5) is 15.4. The number of hydrogen-bond donors (Lipinski definition) is 0. The average Bonchev–Trinajstić information content (AvgIpc) is 2.81. The molecule has 0 aromatic heterocycles. The fourth-order valence-electron chi connectivity index (χ4n) is 5.09. The van der Waals surface area contributed by atoms with Gasteiger partial charge in [-0.05, 0) is 90.5 Å². The Morgan fingerprint density at radius 3 is 2.64 bits per heavy atom. The van der Waals surface area contributed by atoms with Crippen LogP contribution < -0.4 is 9.47 Å². The van der Waals surface area contributed by atoms with Gasteiger partial charge < -0.3 is 9.47 Å². The van der Waals surface area contributed by atoms with Gasteiger partial charge in [-0.25, -0.2) is 9.18 Å². The van der Waals surface area contributed by atoms with Crippen LogP contribution in [-0.2, 0) is 12.8 Å². The number of ether oxygens (including phenoxy) is 2. The lowest BCUT2D eigenvalue weighted by Gasteiger charge is -2.42. The van der Waals surface area contributed by atoms with Crippen LogP contribution in [0.25, 0.3) is 11.1 Å². The van der Waals surface area contributed by atoms with Gasteiger partial charge in [0, 0.05) is 18.2 Å². The van der Waals surface area contributed by atoms with E-state index < -0.39 is 5.97 Å². The van der Waals surface area contributed by atoms with E-state index in [2.05, 4.69) is 30.0 Å². The van der Waals surface area contributed by atoms with Crippen molar-refractivity contribution in [2.75, 3.05) is 20.2 Å². The molecule has 0 saturated carbocycles. The van der Waals surface area contributed by atoms with E-state index in [1.807, 2.05) is 12.1 Å². The van der Waals surface area contributed by atoms with Crippen LogP contribution in [0.3, 0.4) is 0 Å². The second kappa shape index (κ2) is 9.54. The van der Waals surface area contributed by atoms with Crippen molar-refractivity contribution in [3.63, 3.8) is 0 Å². The summed E-state index contributed by atoms with van der Waals surface area (Å²) in [5.74, 6) is 0.460. The van der Waals surface area contributed by atoms with Crippen LogP contribution >= 0.6 is 12.4 Å². The second-order valence-electron chi connectivity index (χ2n) is 8.44. The highest BCUT2D eigenvalue weighted by Gasteiger charge is 2.36. The van der Waals surface area contributed by atoms with Gasteiger partial charge in [-0.15, -0.1) is 12.4 Å². The van der Waals surface area contributed by atoms with Crippen LogP contribution in [0.1, 0.15) is 46.4 Å². The van der Waals surface area contributed by atoms with Crippen molar-refractivity contribution < 1.29 is 18.7 Å². The Morgan fingerprint density at radius 2 is 1.91 bits per heavy atom. The highest BCUT2D eigenvalue weighted by Crippen LogP contribution is 2.49. The van der Waals surface area contributed by atoms with Crippen LogP contribution in [0.15, 0.2) is 54.6 Å². The number of halogens is 2. The lowest BCUT2D eigenvalue weighted by Crippen LogP contribution is -2.39. The molecular formula is C27H27ClFNO3. The first-order chi connectivity index (χ1) is 15.6. The molecule has 6 heteroatoms. The minimum Gasteiger partial charge on any atom is -0.497 e. The summed E-state index contributed by atoms with van der Waals surface area (Å²) < 4.78 is 24.7. The summed E-state index contributed by atoms with van der Waals surface area (Å²) >= 11 is 0. The zero-order valence-electron chi connectivity index (χ0n) is 18.8. The minimum absolute atomic E-state index is 0. The Hall–Kier alpha value is -2.89. The SMILES string of the molecule is CCCN1CCc2cc(OC)cc3c2[C@H]1Cc1cccc(OC(=O)c2ccc(F)cc2)c1-3.Cl. The molecule has 5 rings (SSSR count). The molecule has 3 aromatic carbocycles. The average molecular weight is 468 g/mol. The first-order valence-electron chi connectivity index (χ1n) is 11.1. The number of carbonyl (C=O) groups is 1. The number of rotatable bonds is 5. The molecule has 1 aliphatic carbocycles. The predicted octanol–water partition coefficient (Wildman–Crippen LogP) is 6.01. The van der Waals surface area contributed by atoms with Crippen LogP contribution in [-0.4, -0.2) is 31.1 Å². The topological polar surface area (TPSA) is 38.8 Å². The van der Waals surface area contributed by atoms with Crippen molar-refractivity contribution in [2.24, 2.45) is 0 Å². The van der Waals surface area contributed by atoms with Gasteiger partial charge in [-0.3, -0.25) is 4.90 Å². The van der Waals surface area contributed by atoms with Gasteiger partial charge in [-0.1, -0.05) is 19.1 Å². The van der Waals surface area contributed by atoms with Gasteiger partial charge >= 0.3 is 5.97 Å². The lowest BCUT2D eigenvalue weighted by molar-refractivity contribution is 0.0735. The Bertz CT molecular complexity index is 1180. The monoisotopic (exact) mass is 467 g/mol. The summed E-state index contributed by atoms with van der Waals surface area (Å²) in [6.45, 7) is 4.31. The molecule has 0 N–H and O–H groups in total.